The lowest BCUT2D eigenvalue weighted by molar-refractivity contribution is -0.136. The summed E-state index contributed by atoms with van der Waals surface area (Å²) >= 11 is 0. The Bertz CT molecular complexity index is 2010. The topological polar surface area (TPSA) is 212 Å². The molecule has 14 nitrogen and oxygen atoms in total. The van der Waals surface area contributed by atoms with Crippen LogP contribution in [0.4, 0.5) is 0 Å². The summed E-state index contributed by atoms with van der Waals surface area (Å²) in [4.78, 5) is 79.9. The highest BCUT2D eigenvalue weighted by Gasteiger charge is 2.31. The molecule has 2 atom stereocenters. The number of aromatic hydroxyl groups is 1. The van der Waals surface area contributed by atoms with Crippen LogP contribution < -0.4 is 26.8 Å². The zero-order valence-electron chi connectivity index (χ0n) is 29.0. The summed E-state index contributed by atoms with van der Waals surface area (Å²) in [6.45, 7) is 8.31. The molecule has 7 N–H and O–H groups in total. The van der Waals surface area contributed by atoms with E-state index < -0.39 is 64.6 Å². The van der Waals surface area contributed by atoms with Crippen molar-refractivity contribution in [3.63, 3.8) is 0 Å². The standard InChI is InChI=1S/C36H44N6O8/c1-19(2)13-25(40-32(47)26(41-35(50)36(3,4)5)15-21-17-37-24-10-8-7-9-22(21)24)31(46)38-16-20-11-12-27-23(14-20)30(45)29(34(49)42(27)6)33(48)39-18-28(43)44/h7-12,14,17,19,25-26,37,45H,13,15-16,18H2,1-6H3,(H,38,46)(H,39,48)(H,40,47)(H,41,50)(H,43,44)/t25-,26-/m0/s1. The number of aliphatic carboxylic acids is 1. The Morgan fingerprint density at radius 3 is 2.28 bits per heavy atom. The average Bonchev–Trinajstić information content (AvgIpc) is 3.46. The smallest absolute Gasteiger partial charge is 0.322 e. The molecule has 2 aromatic carbocycles. The lowest BCUT2D eigenvalue weighted by Gasteiger charge is -2.26. The van der Waals surface area contributed by atoms with Gasteiger partial charge in [-0.1, -0.05) is 58.9 Å². The van der Waals surface area contributed by atoms with Crippen LogP contribution in [0.5, 0.6) is 5.75 Å². The van der Waals surface area contributed by atoms with Gasteiger partial charge in [0.15, 0.2) is 0 Å². The quantitative estimate of drug-likeness (QED) is 0.111. The van der Waals surface area contributed by atoms with Gasteiger partial charge in [0.2, 0.25) is 17.7 Å². The van der Waals surface area contributed by atoms with Crippen LogP contribution in [0.1, 0.15) is 62.5 Å². The van der Waals surface area contributed by atoms with E-state index in [0.29, 0.717) is 17.5 Å². The number of para-hydroxylation sites is 1. The van der Waals surface area contributed by atoms with Crippen LogP contribution in [0.2, 0.25) is 0 Å². The fraction of sp³-hybridized carbons (Fsp3) is 0.389. The molecular weight excluding hydrogens is 644 g/mol. The molecule has 0 spiro atoms. The molecule has 0 aliphatic rings. The van der Waals surface area contributed by atoms with E-state index >= 15 is 0 Å². The number of carbonyl (C=O) groups is 5. The van der Waals surface area contributed by atoms with Gasteiger partial charge < -0.3 is 41.0 Å². The molecule has 4 aromatic rings. The number of hydrogen-bond donors (Lipinski definition) is 7. The molecule has 50 heavy (non-hydrogen) atoms. The van der Waals surface area contributed by atoms with Crippen LogP contribution in [0.25, 0.3) is 21.8 Å². The minimum atomic E-state index is -1.32. The van der Waals surface area contributed by atoms with Crippen molar-refractivity contribution in [3.8, 4) is 5.75 Å². The number of aryl methyl sites for hydroxylation is 1. The van der Waals surface area contributed by atoms with Crippen molar-refractivity contribution >= 4 is 51.4 Å². The molecule has 2 heterocycles. The summed E-state index contributed by atoms with van der Waals surface area (Å²) in [5.41, 5.74) is 0.358. The number of H-pyrrole nitrogens is 1. The summed E-state index contributed by atoms with van der Waals surface area (Å²) in [5.74, 6) is -4.27. The SMILES string of the molecule is CC(C)C[C@H](NC(=O)[C@H](Cc1c[nH]c2ccccc12)NC(=O)C(C)(C)C)C(=O)NCc1ccc2c(c1)c(O)c(C(=O)NCC(=O)O)c(=O)n2C. The number of fused-ring (bicyclic) bond motifs is 2. The number of carboxylic acid groups (broad SMARTS) is 1. The molecule has 0 saturated carbocycles. The Kier molecular flexibility index (Phi) is 11.3. The maximum absolute atomic E-state index is 13.8. The maximum Gasteiger partial charge on any atom is 0.322 e. The second kappa shape index (κ2) is 15.3. The van der Waals surface area contributed by atoms with Crippen molar-refractivity contribution < 1.29 is 34.2 Å². The molecule has 14 heteroatoms. The summed E-state index contributed by atoms with van der Waals surface area (Å²) in [6, 6.07) is 10.4. The van der Waals surface area contributed by atoms with Crippen LogP contribution in [-0.2, 0) is 39.2 Å². The van der Waals surface area contributed by atoms with Crippen LogP contribution in [-0.4, -0.2) is 68.0 Å². The van der Waals surface area contributed by atoms with Gasteiger partial charge in [-0.05, 0) is 41.7 Å². The van der Waals surface area contributed by atoms with E-state index in [2.05, 4.69) is 26.3 Å². The molecule has 0 fully saturated rings. The van der Waals surface area contributed by atoms with E-state index in [1.807, 2.05) is 38.1 Å². The number of nitrogens with zero attached hydrogens (tertiary/aromatic N) is 1. The summed E-state index contributed by atoms with van der Waals surface area (Å²) in [7, 11) is 1.41. The third-order valence-corrected chi connectivity index (χ3v) is 8.27. The number of carbonyl (C=O) groups excluding carboxylic acids is 4. The number of aromatic amines is 1. The number of nitrogens with one attached hydrogen (secondary N) is 5. The van der Waals surface area contributed by atoms with Crippen molar-refractivity contribution in [3.05, 3.63) is 75.7 Å². The van der Waals surface area contributed by atoms with Crippen LogP contribution in [0.15, 0.2) is 53.5 Å². The van der Waals surface area contributed by atoms with E-state index in [1.54, 1.807) is 39.1 Å². The van der Waals surface area contributed by atoms with Crippen molar-refractivity contribution in [1.82, 2.24) is 30.8 Å². The summed E-state index contributed by atoms with van der Waals surface area (Å²) in [6.07, 6.45) is 2.30. The normalized spacial score (nSPS) is 12.8. The summed E-state index contributed by atoms with van der Waals surface area (Å²) < 4.78 is 1.16. The third kappa shape index (κ3) is 8.67. The Balaban J connectivity index is 1.55. The number of aromatic nitrogens is 2. The van der Waals surface area contributed by atoms with Gasteiger partial charge in [-0.25, -0.2) is 0 Å². The van der Waals surface area contributed by atoms with Gasteiger partial charge in [-0.15, -0.1) is 0 Å². The van der Waals surface area contributed by atoms with E-state index in [0.717, 1.165) is 21.0 Å². The van der Waals surface area contributed by atoms with Gasteiger partial charge in [-0.3, -0.25) is 28.8 Å². The average molecular weight is 689 g/mol. The molecule has 0 bridgehead atoms. The molecule has 4 amide bonds. The Morgan fingerprint density at radius 1 is 0.920 bits per heavy atom. The molecule has 266 valence electrons. The minimum absolute atomic E-state index is 0.0203. The van der Waals surface area contributed by atoms with E-state index in [4.69, 9.17) is 5.11 Å². The van der Waals surface area contributed by atoms with Crippen LogP contribution in [0, 0.1) is 11.3 Å². The zero-order chi connectivity index (χ0) is 36.9. The number of amides is 4. The van der Waals surface area contributed by atoms with E-state index in [1.165, 1.54) is 13.1 Å². The lowest BCUT2D eigenvalue weighted by atomic mass is 9.94. The fourth-order valence-corrected chi connectivity index (χ4v) is 5.53. The number of pyridine rings is 1. The fourth-order valence-electron chi connectivity index (χ4n) is 5.53. The van der Waals surface area contributed by atoms with Crippen molar-refractivity contribution in [1.29, 1.82) is 0 Å². The highest BCUT2D eigenvalue weighted by molar-refractivity contribution is 6.03. The minimum Gasteiger partial charge on any atom is -0.506 e. The molecule has 0 radical (unpaired) electrons. The molecule has 2 aromatic heterocycles. The highest BCUT2D eigenvalue weighted by Crippen LogP contribution is 2.27. The van der Waals surface area contributed by atoms with Crippen LogP contribution in [0.3, 0.4) is 0 Å². The van der Waals surface area contributed by atoms with Crippen molar-refractivity contribution in [2.75, 3.05) is 6.54 Å². The monoisotopic (exact) mass is 688 g/mol. The van der Waals surface area contributed by atoms with Gasteiger partial charge in [-0.2, -0.15) is 0 Å². The molecule has 4 rings (SSSR count). The lowest BCUT2D eigenvalue weighted by Crippen LogP contribution is -2.55. The largest absolute Gasteiger partial charge is 0.506 e. The van der Waals surface area contributed by atoms with Gasteiger partial charge in [0.1, 0.15) is 29.9 Å². The second-order valence-electron chi connectivity index (χ2n) is 13.8. The van der Waals surface area contributed by atoms with Crippen molar-refractivity contribution in [2.24, 2.45) is 18.4 Å². The highest BCUT2D eigenvalue weighted by atomic mass is 16.4. The van der Waals surface area contributed by atoms with Crippen molar-refractivity contribution in [2.45, 2.75) is 66.1 Å². The molecule has 0 saturated heterocycles. The first kappa shape index (κ1) is 37.2. The Hall–Kier alpha value is -5.66. The number of benzene rings is 2. The second-order valence-corrected chi connectivity index (χ2v) is 13.8. The Labute approximate surface area is 288 Å². The first-order valence-corrected chi connectivity index (χ1v) is 16.3. The molecular formula is C36H44N6O8. The number of rotatable bonds is 13. The van der Waals surface area contributed by atoms with E-state index in [9.17, 15) is 33.9 Å². The first-order chi connectivity index (χ1) is 23.5. The molecule has 0 unspecified atom stereocenters. The van der Waals surface area contributed by atoms with Gasteiger partial charge >= 0.3 is 5.97 Å². The Morgan fingerprint density at radius 2 is 1.62 bits per heavy atom. The number of hydrogen-bond acceptors (Lipinski definition) is 7. The maximum atomic E-state index is 13.8. The van der Waals surface area contributed by atoms with Gasteiger partial charge in [0.05, 0.1) is 5.52 Å². The number of carboxylic acids is 1. The van der Waals surface area contributed by atoms with Gasteiger partial charge in [0.25, 0.3) is 11.5 Å². The third-order valence-electron chi connectivity index (χ3n) is 8.27. The first-order valence-electron chi connectivity index (χ1n) is 16.3. The summed E-state index contributed by atoms with van der Waals surface area (Å²) in [5, 5.41) is 31.5. The predicted molar refractivity (Wildman–Crippen MR) is 187 cm³/mol. The van der Waals surface area contributed by atoms with E-state index in [-0.39, 0.29) is 30.2 Å². The van der Waals surface area contributed by atoms with Crippen LogP contribution >= 0.6 is 0 Å². The van der Waals surface area contributed by atoms with Gasteiger partial charge in [0, 0.05) is 47.9 Å². The predicted octanol–water partition coefficient (Wildman–Crippen LogP) is 2.46. The molecule has 0 aliphatic heterocycles. The zero-order valence-corrected chi connectivity index (χ0v) is 29.0. The molecule has 0 aliphatic carbocycles.